The van der Waals surface area contributed by atoms with E-state index in [-0.39, 0.29) is 23.9 Å². The molecule has 0 spiro atoms. The molecule has 0 aliphatic rings. The number of aliphatic hydroxyl groups is 1. The average molecular weight is 380 g/mol. The van der Waals surface area contributed by atoms with Crippen LogP contribution in [0.25, 0.3) is 0 Å². The lowest BCUT2D eigenvalue weighted by Gasteiger charge is -2.27. The van der Waals surface area contributed by atoms with Crippen LogP contribution in [0.1, 0.15) is 41.5 Å². The van der Waals surface area contributed by atoms with E-state index < -0.39 is 12.2 Å². The van der Waals surface area contributed by atoms with Gasteiger partial charge in [-0.25, -0.2) is 4.79 Å². The molecule has 0 saturated carbocycles. The first-order chi connectivity index (χ1) is 12.6. The van der Waals surface area contributed by atoms with Crippen molar-refractivity contribution >= 4 is 17.5 Å². The fourth-order valence-corrected chi connectivity index (χ4v) is 2.43. The fourth-order valence-electron chi connectivity index (χ4n) is 2.43. The Labute approximate surface area is 162 Å². The molecular formula is C20H33N3O4. The van der Waals surface area contributed by atoms with Gasteiger partial charge in [-0.2, -0.15) is 0 Å². The number of nitrogens with zero attached hydrogens (tertiary/aromatic N) is 1. The van der Waals surface area contributed by atoms with Crippen LogP contribution in [0.4, 0.5) is 10.5 Å². The average Bonchev–Trinajstić information content (AvgIpc) is 2.59. The summed E-state index contributed by atoms with van der Waals surface area (Å²) in [5.74, 6) is 0.197. The number of carbonyl (C=O) groups is 2. The van der Waals surface area contributed by atoms with Gasteiger partial charge in [-0.3, -0.25) is 4.79 Å². The number of aliphatic hydroxyl groups excluding tert-OH is 1. The van der Waals surface area contributed by atoms with E-state index >= 15 is 0 Å². The summed E-state index contributed by atoms with van der Waals surface area (Å²) in [6, 6.07) is 6.57. The van der Waals surface area contributed by atoms with Crippen molar-refractivity contribution in [3.8, 4) is 5.75 Å². The molecule has 1 rings (SSSR count). The summed E-state index contributed by atoms with van der Waals surface area (Å²) in [6.45, 7) is 12.7. The molecule has 2 unspecified atom stereocenters. The number of benzene rings is 1. The third kappa shape index (κ3) is 7.97. The molecule has 0 heterocycles. The number of rotatable bonds is 9. The first-order valence-corrected chi connectivity index (χ1v) is 9.33. The van der Waals surface area contributed by atoms with Crippen molar-refractivity contribution in [2.75, 3.05) is 25.0 Å². The van der Waals surface area contributed by atoms with Crippen molar-refractivity contribution in [3.63, 3.8) is 0 Å². The van der Waals surface area contributed by atoms with E-state index in [4.69, 9.17) is 4.74 Å². The standard InChI is InChI=1S/C20H33N3O4/c1-7-23(8-2)19(26)22-15-9-11-16(12-10-15)27-18(14(3)24)17(25)13-21-20(4,5)6/h9-12,17-18,21,25H,7-8,13H2,1-6H3,(H,22,26). The number of ether oxygens (including phenoxy) is 1. The summed E-state index contributed by atoms with van der Waals surface area (Å²) in [5.41, 5.74) is 0.459. The van der Waals surface area contributed by atoms with Crippen LogP contribution >= 0.6 is 0 Å². The van der Waals surface area contributed by atoms with Gasteiger partial charge in [0.2, 0.25) is 0 Å². The molecule has 0 aliphatic heterocycles. The van der Waals surface area contributed by atoms with Crippen molar-refractivity contribution in [1.82, 2.24) is 10.2 Å². The molecular weight excluding hydrogens is 346 g/mol. The van der Waals surface area contributed by atoms with Gasteiger partial charge in [0.05, 0.1) is 0 Å². The number of anilines is 1. The second-order valence-electron chi connectivity index (χ2n) is 7.47. The highest BCUT2D eigenvalue weighted by molar-refractivity contribution is 5.89. The highest BCUT2D eigenvalue weighted by Gasteiger charge is 2.27. The van der Waals surface area contributed by atoms with Crippen molar-refractivity contribution in [2.24, 2.45) is 0 Å². The predicted molar refractivity (Wildman–Crippen MR) is 107 cm³/mol. The van der Waals surface area contributed by atoms with E-state index in [2.05, 4.69) is 10.6 Å². The van der Waals surface area contributed by atoms with E-state index in [1.807, 2.05) is 34.6 Å². The Kier molecular flexibility index (Phi) is 8.72. The Morgan fingerprint density at radius 2 is 1.70 bits per heavy atom. The SMILES string of the molecule is CCN(CC)C(=O)Nc1ccc(OC(C(C)=O)C(O)CNC(C)(C)C)cc1. The Balaban J connectivity index is 2.73. The third-order valence-corrected chi connectivity index (χ3v) is 4.01. The lowest BCUT2D eigenvalue weighted by atomic mass is 10.1. The molecule has 1 aromatic carbocycles. The molecule has 2 atom stereocenters. The molecule has 152 valence electrons. The number of hydrogen-bond donors (Lipinski definition) is 3. The van der Waals surface area contributed by atoms with Gasteiger partial charge in [-0.05, 0) is 65.8 Å². The third-order valence-electron chi connectivity index (χ3n) is 4.01. The van der Waals surface area contributed by atoms with Crippen LogP contribution in [-0.4, -0.2) is 59.2 Å². The zero-order chi connectivity index (χ0) is 20.6. The van der Waals surface area contributed by atoms with E-state index in [1.165, 1.54) is 6.92 Å². The Hall–Kier alpha value is -2.12. The molecule has 0 radical (unpaired) electrons. The van der Waals surface area contributed by atoms with Gasteiger partial charge < -0.3 is 25.4 Å². The van der Waals surface area contributed by atoms with Gasteiger partial charge in [0, 0.05) is 30.9 Å². The molecule has 27 heavy (non-hydrogen) atoms. The van der Waals surface area contributed by atoms with Crippen LogP contribution in [0.5, 0.6) is 5.75 Å². The number of ketones is 1. The van der Waals surface area contributed by atoms with E-state index in [9.17, 15) is 14.7 Å². The molecule has 1 aromatic rings. The van der Waals surface area contributed by atoms with Crippen LogP contribution in [0.15, 0.2) is 24.3 Å². The summed E-state index contributed by atoms with van der Waals surface area (Å²) in [5, 5.41) is 16.3. The Bertz CT molecular complexity index is 607. The number of hydrogen-bond acceptors (Lipinski definition) is 5. The van der Waals surface area contributed by atoms with Crippen LogP contribution in [-0.2, 0) is 4.79 Å². The molecule has 0 fully saturated rings. The molecule has 0 saturated heterocycles. The summed E-state index contributed by atoms with van der Waals surface area (Å²) in [6.07, 6.45) is -1.93. The van der Waals surface area contributed by atoms with E-state index in [0.717, 1.165) is 0 Å². The minimum absolute atomic E-state index is 0.168. The molecule has 0 bridgehead atoms. The summed E-state index contributed by atoms with van der Waals surface area (Å²) in [4.78, 5) is 25.6. The van der Waals surface area contributed by atoms with Crippen LogP contribution in [0, 0.1) is 0 Å². The molecule has 7 heteroatoms. The maximum absolute atomic E-state index is 12.1. The Morgan fingerprint density at radius 3 is 2.15 bits per heavy atom. The van der Waals surface area contributed by atoms with Crippen LogP contribution in [0.3, 0.4) is 0 Å². The van der Waals surface area contributed by atoms with Gasteiger partial charge >= 0.3 is 6.03 Å². The van der Waals surface area contributed by atoms with Gasteiger partial charge in [0.15, 0.2) is 11.9 Å². The van der Waals surface area contributed by atoms with Gasteiger partial charge in [-0.15, -0.1) is 0 Å². The van der Waals surface area contributed by atoms with Crippen molar-refractivity contribution in [1.29, 1.82) is 0 Å². The number of β-amino-alcohol motifs (C(OH)–C–C–N with tert-alkyl or cyclic N) is 1. The van der Waals surface area contributed by atoms with Gasteiger partial charge in [0.25, 0.3) is 0 Å². The Morgan fingerprint density at radius 1 is 1.15 bits per heavy atom. The van der Waals surface area contributed by atoms with Crippen molar-refractivity contribution < 1.29 is 19.4 Å². The lowest BCUT2D eigenvalue weighted by molar-refractivity contribution is -0.128. The zero-order valence-electron chi connectivity index (χ0n) is 17.2. The number of urea groups is 1. The predicted octanol–water partition coefficient (Wildman–Crippen LogP) is 2.65. The maximum atomic E-state index is 12.1. The van der Waals surface area contributed by atoms with E-state index in [1.54, 1.807) is 29.2 Å². The van der Waals surface area contributed by atoms with Crippen LogP contribution < -0.4 is 15.4 Å². The normalized spacial score (nSPS) is 13.6. The minimum Gasteiger partial charge on any atom is -0.480 e. The molecule has 2 amide bonds. The first kappa shape index (κ1) is 22.9. The van der Waals surface area contributed by atoms with Crippen molar-refractivity contribution in [2.45, 2.75) is 59.3 Å². The molecule has 7 nitrogen and oxygen atoms in total. The molecule has 0 aromatic heterocycles. The molecule has 0 aliphatic carbocycles. The van der Waals surface area contributed by atoms with Crippen LogP contribution in [0.2, 0.25) is 0 Å². The molecule has 3 N–H and O–H groups in total. The topological polar surface area (TPSA) is 90.9 Å². The first-order valence-electron chi connectivity index (χ1n) is 9.33. The number of Topliss-reactive ketones (excluding diaryl/α,β-unsaturated/α-hetero) is 1. The second kappa shape index (κ2) is 10.3. The van der Waals surface area contributed by atoms with Crippen molar-refractivity contribution in [3.05, 3.63) is 24.3 Å². The zero-order valence-corrected chi connectivity index (χ0v) is 17.2. The highest BCUT2D eigenvalue weighted by Crippen LogP contribution is 2.19. The number of carbonyl (C=O) groups excluding carboxylic acids is 2. The summed E-state index contributed by atoms with van der Waals surface area (Å²) >= 11 is 0. The summed E-state index contributed by atoms with van der Waals surface area (Å²) in [7, 11) is 0. The minimum atomic E-state index is -0.969. The smallest absolute Gasteiger partial charge is 0.321 e. The van der Waals surface area contributed by atoms with E-state index in [0.29, 0.717) is 24.5 Å². The maximum Gasteiger partial charge on any atom is 0.321 e. The lowest BCUT2D eigenvalue weighted by Crippen LogP contribution is -2.48. The monoisotopic (exact) mass is 379 g/mol. The summed E-state index contributed by atoms with van der Waals surface area (Å²) < 4.78 is 5.69. The second-order valence-corrected chi connectivity index (χ2v) is 7.47. The quantitative estimate of drug-likeness (QED) is 0.614. The number of nitrogens with one attached hydrogen (secondary N) is 2. The number of amides is 2. The fraction of sp³-hybridized carbons (Fsp3) is 0.600. The van der Waals surface area contributed by atoms with Gasteiger partial charge in [-0.1, -0.05) is 0 Å². The van der Waals surface area contributed by atoms with Gasteiger partial charge in [0.1, 0.15) is 11.9 Å². The highest BCUT2D eigenvalue weighted by atomic mass is 16.5. The largest absolute Gasteiger partial charge is 0.480 e.